The summed E-state index contributed by atoms with van der Waals surface area (Å²) in [6.45, 7) is 4.64. The first-order valence-electron chi connectivity index (χ1n) is 6.65. The van der Waals surface area contributed by atoms with Gasteiger partial charge in [-0.1, -0.05) is 13.0 Å². The number of hydrogen-bond acceptors (Lipinski definition) is 4. The van der Waals surface area contributed by atoms with Crippen molar-refractivity contribution in [3.8, 4) is 5.75 Å². The highest BCUT2D eigenvalue weighted by Gasteiger charge is 2.21. The molecule has 0 spiro atoms. The van der Waals surface area contributed by atoms with E-state index in [9.17, 15) is 4.79 Å². The molecular weight excluding hydrogens is 280 g/mol. The molecule has 0 saturated carbocycles. The van der Waals surface area contributed by atoms with Crippen molar-refractivity contribution in [1.29, 1.82) is 0 Å². The van der Waals surface area contributed by atoms with Gasteiger partial charge in [-0.3, -0.25) is 4.79 Å². The molecule has 1 aliphatic heterocycles. The van der Waals surface area contributed by atoms with Gasteiger partial charge in [0.1, 0.15) is 11.9 Å². The Balaban J connectivity index is 0.00000200. The Bertz CT molecular complexity index is 423. The molecule has 112 valence electrons. The van der Waals surface area contributed by atoms with Crippen LogP contribution in [0.1, 0.15) is 13.3 Å². The molecule has 20 heavy (non-hydrogen) atoms. The molecule has 1 atom stereocenters. The number of amides is 1. The van der Waals surface area contributed by atoms with E-state index >= 15 is 0 Å². The highest BCUT2D eigenvalue weighted by Crippen LogP contribution is 2.18. The fourth-order valence-corrected chi connectivity index (χ4v) is 1.84. The number of carbonyl (C=O) groups excluding carboxylic acids is 1. The molecule has 1 heterocycles. The van der Waals surface area contributed by atoms with E-state index in [1.54, 1.807) is 0 Å². The van der Waals surface area contributed by atoms with E-state index in [0.29, 0.717) is 19.8 Å². The molecule has 1 saturated heterocycles. The van der Waals surface area contributed by atoms with Crippen LogP contribution in [0, 0.1) is 0 Å². The zero-order valence-electron chi connectivity index (χ0n) is 11.6. The lowest BCUT2D eigenvalue weighted by Gasteiger charge is -2.22. The number of carbonyl (C=O) groups is 1. The lowest BCUT2D eigenvalue weighted by Crippen LogP contribution is -2.45. The Morgan fingerprint density at radius 2 is 2.40 bits per heavy atom. The average molecular weight is 301 g/mol. The molecule has 1 amide bonds. The summed E-state index contributed by atoms with van der Waals surface area (Å²) < 4.78 is 10.9. The van der Waals surface area contributed by atoms with E-state index in [-0.39, 0.29) is 18.3 Å². The van der Waals surface area contributed by atoms with E-state index in [0.717, 1.165) is 24.4 Å². The monoisotopic (exact) mass is 300 g/mol. The Labute approximate surface area is 125 Å². The second kappa shape index (κ2) is 8.79. The minimum Gasteiger partial charge on any atom is -0.494 e. The van der Waals surface area contributed by atoms with Crippen molar-refractivity contribution >= 4 is 24.0 Å². The third-order valence-corrected chi connectivity index (χ3v) is 2.79. The maximum absolute atomic E-state index is 12.0. The molecule has 1 aliphatic rings. The van der Waals surface area contributed by atoms with Crippen molar-refractivity contribution in [1.82, 2.24) is 5.32 Å². The summed E-state index contributed by atoms with van der Waals surface area (Å²) in [6.07, 6.45) is 0.534. The summed E-state index contributed by atoms with van der Waals surface area (Å²) in [7, 11) is 0. The third-order valence-electron chi connectivity index (χ3n) is 2.79. The molecule has 0 radical (unpaired) electrons. The quantitative estimate of drug-likeness (QED) is 0.871. The number of ether oxygens (including phenoxy) is 2. The van der Waals surface area contributed by atoms with Gasteiger partial charge in [0.05, 0.1) is 13.2 Å². The second-order valence-electron chi connectivity index (χ2n) is 4.43. The van der Waals surface area contributed by atoms with E-state index < -0.39 is 6.10 Å². The number of hydrogen-bond donors (Lipinski definition) is 2. The number of nitrogens with one attached hydrogen (secondary N) is 2. The first kappa shape index (κ1) is 16.8. The molecule has 1 aromatic carbocycles. The SMILES string of the molecule is CCCOc1cccc(NC(=O)C2CNCCO2)c1.Cl. The summed E-state index contributed by atoms with van der Waals surface area (Å²) in [5.41, 5.74) is 0.729. The summed E-state index contributed by atoms with van der Waals surface area (Å²) in [5, 5.41) is 5.97. The molecule has 0 aromatic heterocycles. The van der Waals surface area contributed by atoms with E-state index in [4.69, 9.17) is 9.47 Å². The number of rotatable bonds is 5. The van der Waals surface area contributed by atoms with Crippen molar-refractivity contribution in [2.24, 2.45) is 0 Å². The van der Waals surface area contributed by atoms with Crippen LogP contribution in [0.15, 0.2) is 24.3 Å². The topological polar surface area (TPSA) is 59.6 Å². The lowest BCUT2D eigenvalue weighted by molar-refractivity contribution is -0.128. The summed E-state index contributed by atoms with van der Waals surface area (Å²) in [5.74, 6) is 0.641. The molecule has 0 bridgehead atoms. The van der Waals surface area contributed by atoms with Gasteiger partial charge in [-0.2, -0.15) is 0 Å². The number of benzene rings is 1. The van der Waals surface area contributed by atoms with Gasteiger partial charge >= 0.3 is 0 Å². The highest BCUT2D eigenvalue weighted by molar-refractivity contribution is 5.94. The third kappa shape index (κ3) is 5.00. The van der Waals surface area contributed by atoms with Crippen LogP contribution in [0.2, 0.25) is 0 Å². The van der Waals surface area contributed by atoms with Gasteiger partial charge in [-0.15, -0.1) is 12.4 Å². The van der Waals surface area contributed by atoms with Gasteiger partial charge < -0.3 is 20.1 Å². The molecule has 2 N–H and O–H groups in total. The zero-order chi connectivity index (χ0) is 13.5. The van der Waals surface area contributed by atoms with Crippen molar-refractivity contribution < 1.29 is 14.3 Å². The van der Waals surface area contributed by atoms with Crippen molar-refractivity contribution in [2.75, 3.05) is 31.6 Å². The van der Waals surface area contributed by atoms with Crippen LogP contribution in [0.25, 0.3) is 0 Å². The Hall–Kier alpha value is -1.30. The van der Waals surface area contributed by atoms with Gasteiger partial charge in [0.25, 0.3) is 5.91 Å². The van der Waals surface area contributed by atoms with Crippen LogP contribution in [0.4, 0.5) is 5.69 Å². The minimum atomic E-state index is -0.422. The Morgan fingerprint density at radius 3 is 3.10 bits per heavy atom. The van der Waals surface area contributed by atoms with E-state index in [1.807, 2.05) is 24.3 Å². The van der Waals surface area contributed by atoms with Crippen molar-refractivity contribution in [2.45, 2.75) is 19.4 Å². The summed E-state index contributed by atoms with van der Waals surface area (Å²) in [6, 6.07) is 7.40. The predicted octanol–water partition coefficient (Wildman–Crippen LogP) is 1.82. The normalized spacial score (nSPS) is 17.9. The van der Waals surface area contributed by atoms with Crippen LogP contribution >= 0.6 is 12.4 Å². The first-order valence-corrected chi connectivity index (χ1v) is 6.65. The second-order valence-corrected chi connectivity index (χ2v) is 4.43. The van der Waals surface area contributed by atoms with Gasteiger partial charge in [0.15, 0.2) is 0 Å². The number of halogens is 1. The van der Waals surface area contributed by atoms with Gasteiger partial charge in [0.2, 0.25) is 0 Å². The maximum atomic E-state index is 12.0. The van der Waals surface area contributed by atoms with Crippen molar-refractivity contribution in [3.63, 3.8) is 0 Å². The molecular formula is C14H21ClN2O3. The predicted molar refractivity (Wildman–Crippen MR) is 80.7 cm³/mol. The fourth-order valence-electron chi connectivity index (χ4n) is 1.84. The number of anilines is 1. The van der Waals surface area contributed by atoms with Gasteiger partial charge in [0, 0.05) is 24.8 Å². The maximum Gasteiger partial charge on any atom is 0.254 e. The molecule has 1 aromatic rings. The van der Waals surface area contributed by atoms with Gasteiger partial charge in [-0.05, 0) is 18.6 Å². The average Bonchev–Trinajstić information content (AvgIpc) is 2.46. The van der Waals surface area contributed by atoms with Crippen LogP contribution in [-0.4, -0.2) is 38.3 Å². The van der Waals surface area contributed by atoms with Gasteiger partial charge in [-0.25, -0.2) is 0 Å². The van der Waals surface area contributed by atoms with E-state index in [1.165, 1.54) is 0 Å². The van der Waals surface area contributed by atoms with Crippen LogP contribution < -0.4 is 15.4 Å². The minimum absolute atomic E-state index is 0. The molecule has 1 fully saturated rings. The smallest absolute Gasteiger partial charge is 0.254 e. The lowest BCUT2D eigenvalue weighted by atomic mass is 10.2. The molecule has 2 rings (SSSR count). The Kier molecular flexibility index (Phi) is 7.36. The highest BCUT2D eigenvalue weighted by atomic mass is 35.5. The summed E-state index contributed by atoms with van der Waals surface area (Å²) >= 11 is 0. The van der Waals surface area contributed by atoms with Crippen LogP contribution in [0.3, 0.4) is 0 Å². The van der Waals surface area contributed by atoms with Crippen molar-refractivity contribution in [3.05, 3.63) is 24.3 Å². The fraction of sp³-hybridized carbons (Fsp3) is 0.500. The summed E-state index contributed by atoms with van der Waals surface area (Å²) in [4.78, 5) is 12.0. The molecule has 0 aliphatic carbocycles. The molecule has 5 nitrogen and oxygen atoms in total. The van der Waals surface area contributed by atoms with E-state index in [2.05, 4.69) is 17.6 Å². The largest absolute Gasteiger partial charge is 0.494 e. The Morgan fingerprint density at radius 1 is 1.55 bits per heavy atom. The first-order chi connectivity index (χ1) is 9.29. The molecule has 6 heteroatoms. The van der Waals surface area contributed by atoms with Crippen LogP contribution in [0.5, 0.6) is 5.75 Å². The standard InChI is InChI=1S/C14H20N2O3.ClH/c1-2-7-18-12-5-3-4-11(9-12)16-14(17)13-10-15-6-8-19-13;/h3-5,9,13,15H,2,6-8,10H2,1H3,(H,16,17);1H. The zero-order valence-corrected chi connectivity index (χ0v) is 12.4. The molecule has 1 unspecified atom stereocenters. The number of morpholine rings is 1. The van der Waals surface area contributed by atoms with Crippen LogP contribution in [-0.2, 0) is 9.53 Å².